The van der Waals surface area contributed by atoms with Crippen LogP contribution < -0.4 is 10.6 Å². The molecule has 0 spiro atoms. The van der Waals surface area contributed by atoms with Crippen LogP contribution in [0.4, 0.5) is 13.2 Å². The lowest BCUT2D eigenvalue weighted by molar-refractivity contribution is -0.137. The standard InChI is InChI=1S/C19H25F3N2O/c20-19(21,22)16-4-1-3-15(11-16)18(8-2-9-18)13-24-17(25)6-5-14-7-10-23-12-14/h1,3-4,11,14,23H,2,5-10,12-13H2,(H,24,25). The summed E-state index contributed by atoms with van der Waals surface area (Å²) in [5, 5.41) is 6.25. The van der Waals surface area contributed by atoms with Crippen LogP contribution in [0.3, 0.4) is 0 Å². The number of alkyl halides is 3. The van der Waals surface area contributed by atoms with E-state index in [2.05, 4.69) is 10.6 Å². The smallest absolute Gasteiger partial charge is 0.355 e. The largest absolute Gasteiger partial charge is 0.416 e. The van der Waals surface area contributed by atoms with Crippen LogP contribution in [-0.2, 0) is 16.4 Å². The summed E-state index contributed by atoms with van der Waals surface area (Å²) in [4.78, 5) is 12.1. The van der Waals surface area contributed by atoms with Gasteiger partial charge in [0.2, 0.25) is 5.91 Å². The molecule has 138 valence electrons. The van der Waals surface area contributed by atoms with E-state index in [0.717, 1.165) is 51.3 Å². The maximum Gasteiger partial charge on any atom is 0.416 e. The number of benzene rings is 1. The van der Waals surface area contributed by atoms with E-state index in [1.54, 1.807) is 6.07 Å². The fraction of sp³-hybridized carbons (Fsp3) is 0.632. The Kier molecular flexibility index (Phi) is 5.37. The average molecular weight is 354 g/mol. The van der Waals surface area contributed by atoms with E-state index in [0.29, 0.717) is 24.4 Å². The Morgan fingerprint density at radius 1 is 1.32 bits per heavy atom. The highest BCUT2D eigenvalue weighted by molar-refractivity contribution is 5.76. The minimum Gasteiger partial charge on any atom is -0.355 e. The minimum absolute atomic E-state index is 0.00477. The summed E-state index contributed by atoms with van der Waals surface area (Å²) in [5.74, 6) is 0.567. The normalized spacial score (nSPS) is 22.4. The summed E-state index contributed by atoms with van der Waals surface area (Å²) in [7, 11) is 0. The molecule has 1 atom stereocenters. The third-order valence-corrected chi connectivity index (χ3v) is 5.68. The van der Waals surface area contributed by atoms with E-state index in [-0.39, 0.29) is 11.3 Å². The molecule has 2 fully saturated rings. The number of halogens is 3. The first kappa shape index (κ1) is 18.2. The van der Waals surface area contributed by atoms with Gasteiger partial charge in [-0.1, -0.05) is 24.6 Å². The van der Waals surface area contributed by atoms with Crippen molar-refractivity contribution in [1.29, 1.82) is 0 Å². The predicted molar refractivity (Wildman–Crippen MR) is 90.2 cm³/mol. The molecule has 6 heteroatoms. The Morgan fingerprint density at radius 3 is 2.72 bits per heavy atom. The van der Waals surface area contributed by atoms with E-state index in [1.165, 1.54) is 12.1 Å². The molecule has 1 saturated heterocycles. The van der Waals surface area contributed by atoms with Crippen molar-refractivity contribution in [3.8, 4) is 0 Å². The Labute approximate surface area is 146 Å². The topological polar surface area (TPSA) is 41.1 Å². The molecule has 0 aromatic heterocycles. The molecule has 1 aromatic carbocycles. The van der Waals surface area contributed by atoms with Crippen molar-refractivity contribution < 1.29 is 18.0 Å². The molecule has 1 aliphatic heterocycles. The molecule has 3 nitrogen and oxygen atoms in total. The molecule has 0 bridgehead atoms. The van der Waals surface area contributed by atoms with Crippen LogP contribution in [0, 0.1) is 5.92 Å². The van der Waals surface area contributed by atoms with Gasteiger partial charge >= 0.3 is 6.18 Å². The van der Waals surface area contributed by atoms with Gasteiger partial charge in [-0.2, -0.15) is 13.2 Å². The summed E-state index contributed by atoms with van der Waals surface area (Å²) in [6.07, 6.45) is 0.767. The quantitative estimate of drug-likeness (QED) is 0.819. The monoisotopic (exact) mass is 354 g/mol. The van der Waals surface area contributed by atoms with Crippen LogP contribution in [-0.4, -0.2) is 25.5 Å². The van der Waals surface area contributed by atoms with Crippen LogP contribution >= 0.6 is 0 Å². The Balaban J connectivity index is 1.58. The second-order valence-electron chi connectivity index (χ2n) is 7.39. The number of carbonyl (C=O) groups excluding carboxylic acids is 1. The van der Waals surface area contributed by atoms with Crippen LogP contribution in [0.1, 0.15) is 49.7 Å². The number of rotatable bonds is 6. The van der Waals surface area contributed by atoms with Gasteiger partial charge in [-0.25, -0.2) is 0 Å². The predicted octanol–water partition coefficient (Wildman–Crippen LogP) is 3.63. The highest BCUT2D eigenvalue weighted by Crippen LogP contribution is 2.44. The molecule has 1 unspecified atom stereocenters. The summed E-state index contributed by atoms with van der Waals surface area (Å²) in [6, 6.07) is 5.57. The van der Waals surface area contributed by atoms with Gasteiger partial charge in [0.15, 0.2) is 0 Å². The minimum atomic E-state index is -4.33. The summed E-state index contributed by atoms with van der Waals surface area (Å²) >= 11 is 0. The van der Waals surface area contributed by atoms with Crippen molar-refractivity contribution in [2.24, 2.45) is 5.92 Å². The van der Waals surface area contributed by atoms with Crippen molar-refractivity contribution in [2.45, 2.75) is 50.1 Å². The van der Waals surface area contributed by atoms with Crippen LogP contribution in [0.5, 0.6) is 0 Å². The second-order valence-corrected chi connectivity index (χ2v) is 7.39. The molecule has 0 radical (unpaired) electrons. The van der Waals surface area contributed by atoms with Gasteiger partial charge in [-0.15, -0.1) is 0 Å². The van der Waals surface area contributed by atoms with Gasteiger partial charge in [0.25, 0.3) is 0 Å². The highest BCUT2D eigenvalue weighted by Gasteiger charge is 2.40. The van der Waals surface area contributed by atoms with Crippen LogP contribution in [0.15, 0.2) is 24.3 Å². The second kappa shape index (κ2) is 7.36. The molecule has 25 heavy (non-hydrogen) atoms. The number of amides is 1. The summed E-state index contributed by atoms with van der Waals surface area (Å²) in [5.41, 5.74) is -0.267. The molecule has 1 aromatic rings. The van der Waals surface area contributed by atoms with Gasteiger partial charge in [0.05, 0.1) is 5.56 Å². The van der Waals surface area contributed by atoms with Gasteiger partial charge in [0.1, 0.15) is 0 Å². The molecule has 2 N–H and O–H groups in total. The lowest BCUT2D eigenvalue weighted by Crippen LogP contribution is -2.45. The van der Waals surface area contributed by atoms with E-state index in [1.807, 2.05) is 0 Å². The molecule has 1 aliphatic carbocycles. The first-order valence-corrected chi connectivity index (χ1v) is 9.04. The van der Waals surface area contributed by atoms with Gasteiger partial charge in [0, 0.05) is 18.4 Å². The Morgan fingerprint density at radius 2 is 2.12 bits per heavy atom. The number of hydrogen-bond acceptors (Lipinski definition) is 2. The van der Waals surface area contributed by atoms with Crippen molar-refractivity contribution >= 4 is 5.91 Å². The van der Waals surface area contributed by atoms with Gasteiger partial charge < -0.3 is 10.6 Å². The van der Waals surface area contributed by atoms with Crippen molar-refractivity contribution in [3.05, 3.63) is 35.4 Å². The molecular formula is C19H25F3N2O. The molecule has 2 aliphatic rings. The fourth-order valence-electron chi connectivity index (χ4n) is 3.85. The summed E-state index contributed by atoms with van der Waals surface area (Å²) in [6.45, 7) is 2.42. The number of hydrogen-bond donors (Lipinski definition) is 2. The number of carbonyl (C=O) groups is 1. The van der Waals surface area contributed by atoms with Crippen LogP contribution in [0.2, 0.25) is 0 Å². The SMILES string of the molecule is O=C(CCC1CCNC1)NCC1(c2cccc(C(F)(F)F)c2)CCC1. The van der Waals surface area contributed by atoms with Crippen molar-refractivity contribution in [3.63, 3.8) is 0 Å². The van der Waals surface area contributed by atoms with E-state index >= 15 is 0 Å². The lowest BCUT2D eigenvalue weighted by atomic mass is 9.64. The zero-order valence-corrected chi connectivity index (χ0v) is 14.3. The zero-order chi connectivity index (χ0) is 17.9. The van der Waals surface area contributed by atoms with Crippen LogP contribution in [0.25, 0.3) is 0 Å². The molecular weight excluding hydrogens is 329 g/mol. The Bertz CT molecular complexity index is 605. The fourth-order valence-corrected chi connectivity index (χ4v) is 3.85. The zero-order valence-electron chi connectivity index (χ0n) is 14.3. The van der Waals surface area contributed by atoms with Gasteiger partial charge in [-0.3, -0.25) is 4.79 Å². The molecule has 3 rings (SSSR count). The first-order valence-electron chi connectivity index (χ1n) is 9.04. The maximum absolute atomic E-state index is 13.0. The third kappa shape index (κ3) is 4.35. The highest BCUT2D eigenvalue weighted by atomic mass is 19.4. The third-order valence-electron chi connectivity index (χ3n) is 5.68. The van der Waals surface area contributed by atoms with E-state index in [9.17, 15) is 18.0 Å². The molecule has 1 amide bonds. The average Bonchev–Trinajstić information content (AvgIpc) is 3.05. The van der Waals surface area contributed by atoms with Crippen molar-refractivity contribution in [2.75, 3.05) is 19.6 Å². The van der Waals surface area contributed by atoms with E-state index in [4.69, 9.17) is 0 Å². The summed E-state index contributed by atoms with van der Waals surface area (Å²) < 4.78 is 38.9. The Hall–Kier alpha value is -1.56. The van der Waals surface area contributed by atoms with Crippen molar-refractivity contribution in [1.82, 2.24) is 10.6 Å². The molecule has 1 saturated carbocycles. The molecule has 1 heterocycles. The first-order chi connectivity index (χ1) is 11.9. The van der Waals surface area contributed by atoms with E-state index < -0.39 is 11.7 Å². The maximum atomic E-state index is 13.0. The lowest BCUT2D eigenvalue weighted by Gasteiger charge is -2.43. The van der Waals surface area contributed by atoms with Gasteiger partial charge in [-0.05, 0) is 56.3 Å². The number of nitrogens with one attached hydrogen (secondary N) is 2.